The van der Waals surface area contributed by atoms with E-state index in [0.717, 1.165) is 22.0 Å². The molecule has 0 radical (unpaired) electrons. The Kier molecular flexibility index (Phi) is 12.8. The highest BCUT2D eigenvalue weighted by Gasteiger charge is 2.31. The third-order valence-electron chi connectivity index (χ3n) is 6.62. The Morgan fingerprint density at radius 3 is 2.20 bits per heavy atom. The summed E-state index contributed by atoms with van der Waals surface area (Å²) in [5, 5.41) is 8.70. The van der Waals surface area contributed by atoms with E-state index in [9.17, 15) is 24.0 Å². The third kappa shape index (κ3) is 11.5. The van der Waals surface area contributed by atoms with Crippen molar-refractivity contribution in [3.63, 3.8) is 0 Å². The summed E-state index contributed by atoms with van der Waals surface area (Å²) in [7, 11) is 0. The monoisotopic (exact) mass is 639 g/mol. The molecule has 3 rings (SSSR count). The average molecular weight is 640 g/mol. The quantitative estimate of drug-likeness (QED) is 0.157. The van der Waals surface area contributed by atoms with E-state index >= 15 is 0 Å². The molecule has 3 aromatic rings. The Bertz CT molecular complexity index is 1470. The number of carbonyl (C=O) groups excluding carboxylic acids is 5. The van der Waals surface area contributed by atoms with Gasteiger partial charge in [-0.25, -0.2) is 4.79 Å². The molecule has 4 amide bonds. The predicted octanol–water partition coefficient (Wildman–Crippen LogP) is 2.95. The van der Waals surface area contributed by atoms with E-state index < -0.39 is 59.9 Å². The lowest BCUT2D eigenvalue weighted by molar-refractivity contribution is -0.147. The minimum atomic E-state index is -1.36. The summed E-state index contributed by atoms with van der Waals surface area (Å²) in [4.78, 5) is 67.5. The molecule has 0 aliphatic carbocycles. The first kappa shape index (κ1) is 35.0. The number of hydrogen-bond donors (Lipinski definition) is 5. The fraction of sp³-hybridized carbons (Fsp3) is 0.406. The molecule has 6 N–H and O–H groups in total. The third-order valence-corrected chi connectivity index (χ3v) is 7.27. The number of amides is 4. The van der Waals surface area contributed by atoms with Crippen LogP contribution in [0.25, 0.3) is 10.9 Å². The molecule has 242 valence electrons. The fourth-order valence-electron chi connectivity index (χ4n) is 4.42. The van der Waals surface area contributed by atoms with Crippen molar-refractivity contribution >= 4 is 52.4 Å². The van der Waals surface area contributed by atoms with Crippen LogP contribution in [-0.2, 0) is 41.7 Å². The van der Waals surface area contributed by atoms with Crippen molar-refractivity contribution in [1.82, 2.24) is 20.9 Å². The second-order valence-corrected chi connectivity index (χ2v) is 12.4. The van der Waals surface area contributed by atoms with E-state index in [-0.39, 0.29) is 19.4 Å². The molecule has 0 unspecified atom stereocenters. The predicted molar refractivity (Wildman–Crippen MR) is 172 cm³/mol. The molecule has 0 spiro atoms. The van der Waals surface area contributed by atoms with Crippen LogP contribution in [0.5, 0.6) is 0 Å². The number of nitrogens with two attached hydrogens (primary N) is 1. The van der Waals surface area contributed by atoms with Gasteiger partial charge in [-0.15, -0.1) is 0 Å². The molecule has 13 heteroatoms. The second kappa shape index (κ2) is 16.5. The van der Waals surface area contributed by atoms with Crippen molar-refractivity contribution in [2.45, 2.75) is 70.4 Å². The van der Waals surface area contributed by atoms with Gasteiger partial charge in [-0.1, -0.05) is 48.5 Å². The summed E-state index contributed by atoms with van der Waals surface area (Å²) in [6.45, 7) is 5.11. The van der Waals surface area contributed by atoms with Crippen molar-refractivity contribution in [2.75, 3.05) is 12.0 Å². The summed E-state index contributed by atoms with van der Waals surface area (Å²) in [5.74, 6) is -2.51. The molecule has 0 saturated carbocycles. The summed E-state index contributed by atoms with van der Waals surface area (Å²) in [6, 6.07) is 12.9. The van der Waals surface area contributed by atoms with Gasteiger partial charge in [0.2, 0.25) is 17.7 Å². The number of thioether (sulfide) groups is 1. The van der Waals surface area contributed by atoms with Gasteiger partial charge >= 0.3 is 12.1 Å². The van der Waals surface area contributed by atoms with Crippen LogP contribution >= 0.6 is 11.8 Å². The molecule has 0 fully saturated rings. The van der Waals surface area contributed by atoms with Crippen molar-refractivity contribution in [3.8, 4) is 0 Å². The van der Waals surface area contributed by atoms with Crippen LogP contribution < -0.4 is 21.7 Å². The molecule has 1 aromatic heterocycles. The normalized spacial score (nSPS) is 13.2. The maximum atomic E-state index is 13.7. The van der Waals surface area contributed by atoms with Gasteiger partial charge < -0.3 is 36.1 Å². The molecule has 0 aliphatic rings. The number of fused-ring (bicyclic) bond motifs is 1. The van der Waals surface area contributed by atoms with E-state index in [1.807, 2.05) is 36.6 Å². The van der Waals surface area contributed by atoms with Gasteiger partial charge in [-0.3, -0.25) is 19.2 Å². The molecule has 0 bridgehead atoms. The Labute approximate surface area is 266 Å². The van der Waals surface area contributed by atoms with Gasteiger partial charge in [0.25, 0.3) is 0 Å². The molecule has 12 nitrogen and oxygen atoms in total. The first-order valence-corrected chi connectivity index (χ1v) is 15.9. The Morgan fingerprint density at radius 2 is 1.53 bits per heavy atom. The number of rotatable bonds is 15. The number of H-pyrrole nitrogens is 1. The number of para-hydroxylation sites is 1. The van der Waals surface area contributed by atoms with Crippen LogP contribution in [-0.4, -0.2) is 70.5 Å². The number of ether oxygens (including phenoxy) is 2. The van der Waals surface area contributed by atoms with Crippen molar-refractivity contribution < 1.29 is 33.4 Å². The number of alkyl carbamates (subject to hydrolysis) is 1. The molecule has 1 heterocycles. The maximum Gasteiger partial charge on any atom is 0.408 e. The number of esters is 1. The van der Waals surface area contributed by atoms with E-state index in [1.165, 1.54) is 11.8 Å². The summed E-state index contributed by atoms with van der Waals surface area (Å²) >= 11 is 1.45. The molecular weight excluding hydrogens is 598 g/mol. The molecule has 3 atom stereocenters. The van der Waals surface area contributed by atoms with Gasteiger partial charge in [-0.2, -0.15) is 11.8 Å². The summed E-state index contributed by atoms with van der Waals surface area (Å²) in [6.07, 6.45) is 2.62. The largest absolute Gasteiger partial charge is 0.461 e. The van der Waals surface area contributed by atoms with Crippen LogP contribution in [0, 0.1) is 0 Å². The van der Waals surface area contributed by atoms with Crippen LogP contribution in [0.3, 0.4) is 0 Å². The van der Waals surface area contributed by atoms with E-state index in [4.69, 9.17) is 15.2 Å². The minimum Gasteiger partial charge on any atom is -0.461 e. The minimum absolute atomic E-state index is 0.00598. The smallest absolute Gasteiger partial charge is 0.408 e. The lowest BCUT2D eigenvalue weighted by Gasteiger charge is -2.26. The van der Waals surface area contributed by atoms with E-state index in [0.29, 0.717) is 5.75 Å². The van der Waals surface area contributed by atoms with E-state index in [1.54, 1.807) is 51.2 Å². The lowest BCUT2D eigenvalue weighted by atomic mass is 10.0. The number of aromatic amines is 1. The second-order valence-electron chi connectivity index (χ2n) is 11.4. The average Bonchev–Trinajstić information content (AvgIpc) is 3.39. The Hall–Kier alpha value is -4.52. The van der Waals surface area contributed by atoms with Crippen molar-refractivity contribution in [2.24, 2.45) is 5.73 Å². The van der Waals surface area contributed by atoms with Gasteiger partial charge in [-0.05, 0) is 56.4 Å². The van der Waals surface area contributed by atoms with Crippen molar-refractivity contribution in [1.29, 1.82) is 0 Å². The highest BCUT2D eigenvalue weighted by Crippen LogP contribution is 2.20. The molecule has 45 heavy (non-hydrogen) atoms. The first-order chi connectivity index (χ1) is 21.4. The number of aromatic nitrogens is 1. The molecule has 0 aliphatic heterocycles. The van der Waals surface area contributed by atoms with Gasteiger partial charge in [0, 0.05) is 23.5 Å². The summed E-state index contributed by atoms with van der Waals surface area (Å²) < 4.78 is 10.6. The fourth-order valence-corrected chi connectivity index (χ4v) is 4.89. The number of primary amides is 1. The highest BCUT2D eigenvalue weighted by atomic mass is 32.2. The standard InChI is InChI=1S/C32H41N5O7S/c1-32(2,3)44-31(42)37-26(16-21-18-34-23-13-9-8-12-22(21)23)30(41)35-24(14-15-45-4)29(40)36-25(28(33)39)17-27(38)43-19-20-10-6-5-7-11-20/h5-13,18,24-26,34H,14-17,19H2,1-4H3,(H2,33,39)(H,35,41)(H,36,40)(H,37,42)/t24-,25-,26-/m0/s1. The molecular formula is C32H41N5O7S. The SMILES string of the molecule is CSCC[C@H](NC(=O)[C@H](Cc1c[nH]c2ccccc12)NC(=O)OC(C)(C)C)C(=O)N[C@@H](CC(=O)OCc1ccccc1)C(N)=O. The number of hydrogen-bond acceptors (Lipinski definition) is 8. The lowest BCUT2D eigenvalue weighted by Crippen LogP contribution is -2.57. The van der Waals surface area contributed by atoms with Crippen LogP contribution in [0.1, 0.15) is 44.7 Å². The van der Waals surface area contributed by atoms with Crippen LogP contribution in [0.4, 0.5) is 4.79 Å². The maximum absolute atomic E-state index is 13.7. The van der Waals surface area contributed by atoms with Crippen LogP contribution in [0.15, 0.2) is 60.8 Å². The number of benzene rings is 2. The Morgan fingerprint density at radius 1 is 0.889 bits per heavy atom. The zero-order chi connectivity index (χ0) is 33.0. The molecule has 0 saturated heterocycles. The summed E-state index contributed by atoms with van der Waals surface area (Å²) in [5.41, 5.74) is 7.08. The Balaban J connectivity index is 1.74. The zero-order valence-corrected chi connectivity index (χ0v) is 26.7. The zero-order valence-electron chi connectivity index (χ0n) is 25.9. The highest BCUT2D eigenvalue weighted by molar-refractivity contribution is 7.98. The van der Waals surface area contributed by atoms with Crippen molar-refractivity contribution in [3.05, 3.63) is 71.9 Å². The van der Waals surface area contributed by atoms with Crippen LogP contribution in [0.2, 0.25) is 0 Å². The van der Waals surface area contributed by atoms with E-state index in [2.05, 4.69) is 20.9 Å². The first-order valence-electron chi connectivity index (χ1n) is 14.5. The number of carbonyl (C=O) groups is 5. The van der Waals surface area contributed by atoms with Gasteiger partial charge in [0.1, 0.15) is 30.3 Å². The van der Waals surface area contributed by atoms with Gasteiger partial charge in [0.15, 0.2) is 0 Å². The molecule has 2 aromatic carbocycles. The topological polar surface area (TPSA) is 182 Å². The number of nitrogens with one attached hydrogen (secondary N) is 4. The van der Waals surface area contributed by atoms with Gasteiger partial charge in [0.05, 0.1) is 6.42 Å².